The molecule has 1 fully saturated rings. The lowest BCUT2D eigenvalue weighted by Gasteiger charge is -2.38. The van der Waals surface area contributed by atoms with Crippen LogP contribution in [0.3, 0.4) is 0 Å². The molecule has 3 aromatic rings. The standard InChI is InChI=1S/C25H24F4N2O2/c1-17-4-9-21(15-22(17)26)31(24(32)23-3-2-14-33-23)20-10-12-30(13-11-20)16-18-5-7-19(8-6-18)25(27,28)29/h2-9,14-15,20H,10-13,16H2,1H3. The van der Waals surface area contributed by atoms with Gasteiger partial charge in [-0.3, -0.25) is 9.69 Å². The Labute approximate surface area is 189 Å². The largest absolute Gasteiger partial charge is 0.459 e. The number of furan rings is 1. The number of piperidine rings is 1. The van der Waals surface area contributed by atoms with E-state index in [2.05, 4.69) is 4.90 Å². The maximum absolute atomic E-state index is 14.3. The smallest absolute Gasteiger partial charge is 0.416 e. The highest BCUT2D eigenvalue weighted by atomic mass is 19.4. The van der Waals surface area contributed by atoms with E-state index in [1.165, 1.54) is 24.5 Å². The number of amides is 1. The Hall–Kier alpha value is -3.13. The number of nitrogens with zero attached hydrogens (tertiary/aromatic N) is 2. The summed E-state index contributed by atoms with van der Waals surface area (Å²) in [5.74, 6) is -0.530. The van der Waals surface area contributed by atoms with E-state index in [-0.39, 0.29) is 23.5 Å². The predicted octanol–water partition coefficient (Wildman–Crippen LogP) is 6.06. The molecule has 0 aliphatic carbocycles. The SMILES string of the molecule is Cc1ccc(N(C(=O)c2ccco2)C2CCN(Cc3ccc(C(F)(F)F)cc3)CC2)cc1F. The van der Waals surface area contributed by atoms with Crippen LogP contribution < -0.4 is 4.90 Å². The minimum absolute atomic E-state index is 0.159. The van der Waals surface area contributed by atoms with Crippen molar-refractivity contribution in [3.63, 3.8) is 0 Å². The van der Waals surface area contributed by atoms with Gasteiger partial charge in [-0.2, -0.15) is 13.2 Å². The number of alkyl halides is 3. The Morgan fingerprint density at radius 3 is 2.36 bits per heavy atom. The molecule has 0 saturated carbocycles. The van der Waals surface area contributed by atoms with Gasteiger partial charge in [0, 0.05) is 31.4 Å². The average Bonchev–Trinajstić information content (AvgIpc) is 3.32. The van der Waals surface area contributed by atoms with E-state index in [4.69, 9.17) is 4.42 Å². The highest BCUT2D eigenvalue weighted by Gasteiger charge is 2.32. The Morgan fingerprint density at radius 1 is 1.09 bits per heavy atom. The van der Waals surface area contributed by atoms with Gasteiger partial charge in [0.05, 0.1) is 11.8 Å². The first kappa shape index (κ1) is 23.0. The highest BCUT2D eigenvalue weighted by molar-refractivity contribution is 6.04. The van der Waals surface area contributed by atoms with Gasteiger partial charge in [-0.1, -0.05) is 18.2 Å². The molecule has 33 heavy (non-hydrogen) atoms. The van der Waals surface area contributed by atoms with Gasteiger partial charge in [0.2, 0.25) is 0 Å². The fraction of sp³-hybridized carbons (Fsp3) is 0.320. The minimum Gasteiger partial charge on any atom is -0.459 e. The van der Waals surface area contributed by atoms with E-state index in [1.54, 1.807) is 36.1 Å². The maximum Gasteiger partial charge on any atom is 0.416 e. The average molecular weight is 460 g/mol. The van der Waals surface area contributed by atoms with Crippen LogP contribution in [-0.2, 0) is 12.7 Å². The number of halogens is 4. The fourth-order valence-corrected chi connectivity index (χ4v) is 4.14. The lowest BCUT2D eigenvalue weighted by Crippen LogP contribution is -2.47. The number of carbonyl (C=O) groups is 1. The van der Waals surface area contributed by atoms with Crippen LogP contribution in [0.15, 0.2) is 65.3 Å². The van der Waals surface area contributed by atoms with Gasteiger partial charge < -0.3 is 9.32 Å². The molecule has 0 bridgehead atoms. The zero-order valence-electron chi connectivity index (χ0n) is 18.1. The zero-order chi connectivity index (χ0) is 23.6. The second kappa shape index (κ2) is 9.39. The molecule has 1 aromatic heterocycles. The fourth-order valence-electron chi connectivity index (χ4n) is 4.14. The Balaban J connectivity index is 1.46. The molecular formula is C25H24F4N2O2. The van der Waals surface area contributed by atoms with Crippen molar-refractivity contribution in [3.05, 3.63) is 89.1 Å². The van der Waals surface area contributed by atoms with Gasteiger partial charge >= 0.3 is 6.18 Å². The summed E-state index contributed by atoms with van der Waals surface area (Å²) >= 11 is 0. The van der Waals surface area contributed by atoms with Gasteiger partial charge in [-0.05, 0) is 67.3 Å². The lowest BCUT2D eigenvalue weighted by molar-refractivity contribution is -0.137. The molecule has 0 unspecified atom stereocenters. The topological polar surface area (TPSA) is 36.7 Å². The van der Waals surface area contributed by atoms with E-state index in [1.807, 2.05) is 0 Å². The van der Waals surface area contributed by atoms with Crippen molar-refractivity contribution in [1.82, 2.24) is 4.90 Å². The van der Waals surface area contributed by atoms with Crippen LogP contribution in [0.5, 0.6) is 0 Å². The van der Waals surface area contributed by atoms with Gasteiger partial charge in [0.1, 0.15) is 5.82 Å². The summed E-state index contributed by atoms with van der Waals surface area (Å²) in [5.41, 5.74) is 1.10. The van der Waals surface area contributed by atoms with Gasteiger partial charge in [-0.15, -0.1) is 0 Å². The van der Waals surface area contributed by atoms with Crippen molar-refractivity contribution in [2.45, 2.75) is 38.5 Å². The molecule has 0 radical (unpaired) electrons. The van der Waals surface area contributed by atoms with Crippen molar-refractivity contribution in [2.75, 3.05) is 18.0 Å². The van der Waals surface area contributed by atoms with Gasteiger partial charge in [0.25, 0.3) is 5.91 Å². The Morgan fingerprint density at radius 2 is 1.79 bits per heavy atom. The molecule has 0 atom stereocenters. The van der Waals surface area contributed by atoms with E-state index in [0.717, 1.165) is 17.7 Å². The zero-order valence-corrected chi connectivity index (χ0v) is 18.1. The second-order valence-corrected chi connectivity index (χ2v) is 8.29. The summed E-state index contributed by atoms with van der Waals surface area (Å²) < 4.78 is 57.9. The summed E-state index contributed by atoms with van der Waals surface area (Å²) in [6.45, 7) is 3.50. The van der Waals surface area contributed by atoms with E-state index >= 15 is 0 Å². The maximum atomic E-state index is 14.3. The lowest BCUT2D eigenvalue weighted by atomic mass is 10.0. The third kappa shape index (κ3) is 5.27. The first-order valence-electron chi connectivity index (χ1n) is 10.7. The summed E-state index contributed by atoms with van der Waals surface area (Å²) in [5, 5.41) is 0. The number of anilines is 1. The number of aryl methyl sites for hydroxylation is 1. The highest BCUT2D eigenvalue weighted by Crippen LogP contribution is 2.30. The third-order valence-corrected chi connectivity index (χ3v) is 5.99. The molecule has 0 N–H and O–H groups in total. The monoisotopic (exact) mass is 460 g/mol. The van der Waals surface area contributed by atoms with E-state index < -0.39 is 11.7 Å². The summed E-state index contributed by atoms with van der Waals surface area (Å²) in [4.78, 5) is 16.9. The molecule has 2 heterocycles. The van der Waals surface area contributed by atoms with Crippen LogP contribution >= 0.6 is 0 Å². The molecule has 1 aliphatic rings. The number of hydrogen-bond acceptors (Lipinski definition) is 3. The quantitative estimate of drug-likeness (QED) is 0.435. The van der Waals surface area contributed by atoms with E-state index in [0.29, 0.717) is 43.7 Å². The van der Waals surface area contributed by atoms with E-state index in [9.17, 15) is 22.4 Å². The van der Waals surface area contributed by atoms with Crippen LogP contribution in [0.4, 0.5) is 23.2 Å². The second-order valence-electron chi connectivity index (χ2n) is 8.29. The van der Waals surface area contributed by atoms with Crippen molar-refractivity contribution in [2.24, 2.45) is 0 Å². The number of likely N-dealkylation sites (tertiary alicyclic amines) is 1. The summed E-state index contributed by atoms with van der Waals surface area (Å²) in [6, 6.07) is 13.0. The van der Waals surface area contributed by atoms with Crippen molar-refractivity contribution < 1.29 is 26.8 Å². The van der Waals surface area contributed by atoms with Crippen LogP contribution in [0, 0.1) is 12.7 Å². The first-order chi connectivity index (χ1) is 15.7. The van der Waals surface area contributed by atoms with Gasteiger partial charge in [-0.25, -0.2) is 4.39 Å². The Bertz CT molecular complexity index is 1090. The molecule has 1 saturated heterocycles. The van der Waals surface area contributed by atoms with Crippen LogP contribution in [0.1, 0.15) is 40.1 Å². The van der Waals surface area contributed by atoms with Crippen molar-refractivity contribution >= 4 is 11.6 Å². The summed E-state index contributed by atoms with van der Waals surface area (Å²) in [7, 11) is 0. The molecule has 1 aliphatic heterocycles. The summed E-state index contributed by atoms with van der Waals surface area (Å²) in [6.07, 6.45) is -1.64. The molecule has 174 valence electrons. The number of carbonyl (C=O) groups excluding carboxylic acids is 1. The first-order valence-corrected chi connectivity index (χ1v) is 10.7. The predicted molar refractivity (Wildman–Crippen MR) is 116 cm³/mol. The minimum atomic E-state index is -4.35. The molecule has 8 heteroatoms. The van der Waals surface area contributed by atoms with Crippen LogP contribution in [-0.4, -0.2) is 29.9 Å². The molecule has 0 spiro atoms. The molecule has 4 nitrogen and oxygen atoms in total. The number of benzene rings is 2. The number of hydrogen-bond donors (Lipinski definition) is 0. The number of rotatable bonds is 5. The van der Waals surface area contributed by atoms with Crippen molar-refractivity contribution in [3.8, 4) is 0 Å². The molecule has 1 amide bonds. The Kier molecular flexibility index (Phi) is 6.56. The molecular weight excluding hydrogens is 436 g/mol. The molecule has 4 rings (SSSR count). The third-order valence-electron chi connectivity index (χ3n) is 5.99. The van der Waals surface area contributed by atoms with Crippen LogP contribution in [0.2, 0.25) is 0 Å². The van der Waals surface area contributed by atoms with Gasteiger partial charge in [0.15, 0.2) is 5.76 Å². The normalized spacial score (nSPS) is 15.5. The molecule has 2 aromatic carbocycles. The van der Waals surface area contributed by atoms with Crippen LogP contribution in [0.25, 0.3) is 0 Å². The van der Waals surface area contributed by atoms with Crippen molar-refractivity contribution in [1.29, 1.82) is 0 Å².